The first-order valence-electron chi connectivity index (χ1n) is 4.22. The van der Waals surface area contributed by atoms with Gasteiger partial charge in [-0.05, 0) is 22.4 Å². The third-order valence-corrected chi connectivity index (χ3v) is 3.10. The van der Waals surface area contributed by atoms with Gasteiger partial charge in [0.05, 0.1) is 16.2 Å². The van der Waals surface area contributed by atoms with Crippen molar-refractivity contribution in [1.82, 2.24) is 0 Å². The van der Waals surface area contributed by atoms with Gasteiger partial charge in [0.1, 0.15) is 0 Å². The van der Waals surface area contributed by atoms with Crippen LogP contribution in [0.25, 0.3) is 0 Å². The van der Waals surface area contributed by atoms with Crippen molar-refractivity contribution < 1.29 is 58.7 Å². The van der Waals surface area contributed by atoms with Crippen LogP contribution in [0.4, 0.5) is 0 Å². The second kappa shape index (κ2) is 7.60. The summed E-state index contributed by atoms with van der Waals surface area (Å²) < 4.78 is 5.43. The molecule has 0 bridgehead atoms. The van der Waals surface area contributed by atoms with Crippen molar-refractivity contribution >= 4 is 37.8 Å². The Morgan fingerprint density at radius 1 is 1.60 bits per heavy atom. The maximum Gasteiger partial charge on any atom is 0.343 e. The summed E-state index contributed by atoms with van der Waals surface area (Å²) in [4.78, 5) is 12.8. The summed E-state index contributed by atoms with van der Waals surface area (Å²) in [5, 5.41) is 9.67. The zero-order chi connectivity index (χ0) is 10.7. The number of esters is 1. The van der Waals surface area contributed by atoms with E-state index in [2.05, 4.69) is 31.9 Å². The molecule has 81 valence electrons. The average molecular weight is 553 g/mol. The van der Waals surface area contributed by atoms with Gasteiger partial charge in [0, 0.05) is 49.0 Å². The van der Waals surface area contributed by atoms with Gasteiger partial charge in [0.25, 0.3) is 0 Å². The summed E-state index contributed by atoms with van der Waals surface area (Å²) in [5.41, 5.74) is 0.303. The van der Waals surface area contributed by atoms with Gasteiger partial charge in [-0.15, -0.1) is 0 Å². The number of aliphatic hydroxyl groups excluding tert-OH is 1. The number of aliphatic hydroxyl groups is 1. The zero-order valence-electron chi connectivity index (χ0n) is 8.17. The van der Waals surface area contributed by atoms with Crippen LogP contribution >= 0.6 is 31.9 Å². The monoisotopic (exact) mass is 551 g/mol. The number of hydrogen-bond donors (Lipinski definition) is 1. The normalized spacial score (nSPS) is 20.3. The van der Waals surface area contributed by atoms with E-state index in [0.29, 0.717) is 22.2 Å². The van der Waals surface area contributed by atoms with Crippen molar-refractivity contribution in [3.05, 3.63) is 20.8 Å². The molecule has 1 heterocycles. The number of halogens is 2. The first-order valence-corrected chi connectivity index (χ1v) is 5.93. The Bertz CT molecular complexity index is 312. The van der Waals surface area contributed by atoms with Gasteiger partial charge < -0.3 is 9.84 Å². The Morgan fingerprint density at radius 3 is 2.60 bits per heavy atom. The van der Waals surface area contributed by atoms with E-state index in [0.717, 1.165) is 6.42 Å². The van der Waals surface area contributed by atoms with Gasteiger partial charge in [0.15, 0.2) is 5.76 Å². The molecule has 1 aliphatic heterocycles. The smallest absolute Gasteiger partial charge is 0.343 e. The van der Waals surface area contributed by atoms with Crippen LogP contribution in [0.1, 0.15) is 19.8 Å². The van der Waals surface area contributed by atoms with E-state index in [9.17, 15) is 9.90 Å². The maximum atomic E-state index is 11.3. The van der Waals surface area contributed by atoms with E-state index in [-0.39, 0.29) is 44.1 Å². The molecule has 1 atom stereocenters. The van der Waals surface area contributed by atoms with E-state index >= 15 is 0 Å². The summed E-state index contributed by atoms with van der Waals surface area (Å²) >= 11 is 6.29. The molecule has 0 fully saturated rings. The standard InChI is InChI=1S/C9H10Br2O3.Ac/c1-2-3-5(12)7-8(11)6(4-10)14-9(7)13;/h4-5,12H,2-3H2,1H3;/b6-4-;/t5-;/m1./s1. The molecule has 1 rings (SSSR count). The number of hydrogen-bond acceptors (Lipinski definition) is 3. The Balaban J connectivity index is 0.00000196. The molecule has 1 N–H and O–H groups in total. The van der Waals surface area contributed by atoms with Crippen molar-refractivity contribution in [3.63, 3.8) is 0 Å². The first kappa shape index (κ1) is 16.3. The fraction of sp³-hybridized carbons (Fsp3) is 0.444. The molecule has 1 aliphatic rings. The van der Waals surface area contributed by atoms with Crippen LogP contribution in [-0.4, -0.2) is 17.2 Å². The molecule has 0 spiro atoms. The van der Waals surface area contributed by atoms with E-state index in [1.807, 2.05) is 6.92 Å². The predicted molar refractivity (Wildman–Crippen MR) is 60.0 cm³/mol. The van der Waals surface area contributed by atoms with Gasteiger partial charge in [-0.1, -0.05) is 29.3 Å². The molecular formula is C9H10AcBr2O3. The molecule has 6 heteroatoms. The molecule has 0 aromatic heterocycles. The minimum atomic E-state index is -0.758. The van der Waals surface area contributed by atoms with Crippen LogP contribution in [0.2, 0.25) is 0 Å². The zero-order valence-corrected chi connectivity index (χ0v) is 16.1. The van der Waals surface area contributed by atoms with Gasteiger partial charge >= 0.3 is 5.97 Å². The summed E-state index contributed by atoms with van der Waals surface area (Å²) in [6.07, 6.45) is 0.604. The molecule has 0 aliphatic carbocycles. The fourth-order valence-corrected chi connectivity index (χ4v) is 2.44. The second-order valence-corrected chi connectivity index (χ2v) is 4.15. The van der Waals surface area contributed by atoms with Gasteiger partial charge in [-0.3, -0.25) is 0 Å². The molecule has 3 nitrogen and oxygen atoms in total. The number of rotatable bonds is 3. The Labute approximate surface area is 141 Å². The molecular weight excluding hydrogens is 543 g/mol. The Morgan fingerprint density at radius 2 is 2.20 bits per heavy atom. The number of cyclic esters (lactones) is 1. The van der Waals surface area contributed by atoms with Crippen LogP contribution in [0.3, 0.4) is 0 Å². The third kappa shape index (κ3) is 3.92. The minimum absolute atomic E-state index is 0. The number of ether oxygens (including phenoxy) is 1. The van der Waals surface area contributed by atoms with Crippen molar-refractivity contribution in [3.8, 4) is 0 Å². The SMILES string of the molecule is CCC[C@@H](O)C1=C(Br)/C(=C/Br)OC1=O.[Ac]. The molecule has 0 saturated heterocycles. The fourth-order valence-electron chi connectivity index (χ4n) is 1.19. The molecule has 0 saturated carbocycles. The summed E-state index contributed by atoms with van der Waals surface area (Å²) in [6, 6.07) is 0. The third-order valence-electron chi connectivity index (χ3n) is 1.87. The predicted octanol–water partition coefficient (Wildman–Crippen LogP) is 2.59. The Hall–Kier alpha value is 1.31. The van der Waals surface area contributed by atoms with E-state index < -0.39 is 12.1 Å². The van der Waals surface area contributed by atoms with Crippen molar-refractivity contribution in [2.24, 2.45) is 0 Å². The second-order valence-electron chi connectivity index (χ2n) is 2.90. The van der Waals surface area contributed by atoms with E-state index in [4.69, 9.17) is 4.74 Å². The summed E-state index contributed by atoms with van der Waals surface area (Å²) in [7, 11) is 0. The van der Waals surface area contributed by atoms with E-state index in [1.54, 1.807) is 0 Å². The van der Waals surface area contributed by atoms with Crippen LogP contribution in [0, 0.1) is 44.1 Å². The van der Waals surface area contributed by atoms with Crippen LogP contribution in [0.5, 0.6) is 0 Å². The molecule has 0 unspecified atom stereocenters. The largest absolute Gasteiger partial charge is 0.421 e. The maximum absolute atomic E-state index is 11.3. The average Bonchev–Trinajstić information content (AvgIpc) is 2.41. The quantitative estimate of drug-likeness (QED) is 0.548. The molecule has 0 amide bonds. The van der Waals surface area contributed by atoms with Crippen LogP contribution in [0.15, 0.2) is 20.8 Å². The van der Waals surface area contributed by atoms with Crippen LogP contribution in [-0.2, 0) is 9.53 Å². The van der Waals surface area contributed by atoms with E-state index in [1.165, 1.54) is 4.99 Å². The molecule has 0 aromatic carbocycles. The minimum Gasteiger partial charge on any atom is -0.421 e. The Kier molecular flexibility index (Phi) is 8.27. The molecule has 0 aromatic rings. The molecule has 15 heavy (non-hydrogen) atoms. The number of allylic oxidation sites excluding steroid dienone is 1. The van der Waals surface area contributed by atoms with Gasteiger partial charge in [-0.25, -0.2) is 4.79 Å². The van der Waals surface area contributed by atoms with Crippen LogP contribution < -0.4 is 0 Å². The van der Waals surface area contributed by atoms with Gasteiger partial charge in [-0.2, -0.15) is 0 Å². The number of carbonyl (C=O) groups is 1. The first-order chi connectivity index (χ1) is 6.61. The van der Waals surface area contributed by atoms with Crippen molar-refractivity contribution in [2.75, 3.05) is 0 Å². The topological polar surface area (TPSA) is 46.5 Å². The summed E-state index contributed by atoms with van der Waals surface area (Å²) in [6.45, 7) is 1.94. The van der Waals surface area contributed by atoms with Crippen molar-refractivity contribution in [1.29, 1.82) is 0 Å². The van der Waals surface area contributed by atoms with Crippen molar-refractivity contribution in [2.45, 2.75) is 25.9 Å². The summed E-state index contributed by atoms with van der Waals surface area (Å²) in [5.74, 6) is -0.0799. The molecule has 1 radical (unpaired) electrons. The van der Waals surface area contributed by atoms with Gasteiger partial charge in [0.2, 0.25) is 0 Å². The number of carbonyl (C=O) groups excluding carboxylic acids is 1.